The number of hydrazine groups is 1. The van der Waals surface area contributed by atoms with Crippen molar-refractivity contribution >= 4 is 17.9 Å². The van der Waals surface area contributed by atoms with Gasteiger partial charge in [-0.1, -0.05) is 24.3 Å². The van der Waals surface area contributed by atoms with Gasteiger partial charge in [0.05, 0.1) is 0 Å². The molecule has 0 aromatic heterocycles. The van der Waals surface area contributed by atoms with Crippen molar-refractivity contribution in [3.05, 3.63) is 59.7 Å². The van der Waals surface area contributed by atoms with Crippen LogP contribution >= 0.6 is 0 Å². The molecule has 2 aromatic rings. The Hall–Kier alpha value is -3.48. The van der Waals surface area contributed by atoms with Gasteiger partial charge in [-0.2, -0.15) is 0 Å². The van der Waals surface area contributed by atoms with Crippen LogP contribution < -0.4 is 15.6 Å². The number of aromatic hydroxyl groups is 2. The molecule has 0 saturated carbocycles. The number of phenols is 2. The lowest BCUT2D eigenvalue weighted by Crippen LogP contribution is -2.43. The van der Waals surface area contributed by atoms with Gasteiger partial charge >= 0.3 is 0 Å². The van der Waals surface area contributed by atoms with Gasteiger partial charge in [0.25, 0.3) is 11.8 Å². The number of hydrogen-bond donors (Lipinski definition) is 4. The Morgan fingerprint density at radius 1 is 1.08 bits per heavy atom. The van der Waals surface area contributed by atoms with Crippen molar-refractivity contribution in [2.45, 2.75) is 6.92 Å². The molecule has 130 valence electrons. The number of ether oxygens (including phenoxy) is 1. The summed E-state index contributed by atoms with van der Waals surface area (Å²) in [6, 6.07) is 11.4. The minimum Gasteiger partial charge on any atom is -0.504 e. The Balaban J connectivity index is 1.77. The first-order chi connectivity index (χ1) is 12.0. The number of hydrogen-bond acceptors (Lipinski definition) is 5. The van der Waals surface area contributed by atoms with Crippen molar-refractivity contribution in [2.24, 2.45) is 0 Å². The standard InChI is InChI=1S/C18H18N2O5/c1-12-4-2-3-5-16(12)25-11-18(24)20-19-17(23)9-7-13-6-8-14(21)15(22)10-13/h2-10,21-22H,11H2,1H3,(H,19,23)(H,20,24)/b9-7+. The molecule has 0 heterocycles. The first-order valence-corrected chi connectivity index (χ1v) is 7.43. The van der Waals surface area contributed by atoms with Gasteiger partial charge < -0.3 is 14.9 Å². The van der Waals surface area contributed by atoms with Gasteiger partial charge in [-0.3, -0.25) is 20.4 Å². The molecule has 0 unspecified atom stereocenters. The molecule has 7 heteroatoms. The van der Waals surface area contributed by atoms with Crippen LogP contribution in [0.4, 0.5) is 0 Å². The summed E-state index contributed by atoms with van der Waals surface area (Å²) in [6.07, 6.45) is 2.60. The average molecular weight is 342 g/mol. The fourth-order valence-electron chi connectivity index (χ4n) is 1.89. The minimum atomic E-state index is -0.559. The molecule has 0 aliphatic rings. The number of benzene rings is 2. The van der Waals surface area contributed by atoms with Crippen LogP contribution in [0.1, 0.15) is 11.1 Å². The predicted octanol–water partition coefficient (Wildman–Crippen LogP) is 1.65. The van der Waals surface area contributed by atoms with Crippen molar-refractivity contribution in [3.8, 4) is 17.2 Å². The Kier molecular flexibility index (Phi) is 6.00. The topological polar surface area (TPSA) is 108 Å². The Morgan fingerprint density at radius 2 is 1.84 bits per heavy atom. The second-order valence-electron chi connectivity index (χ2n) is 5.17. The zero-order valence-electron chi connectivity index (χ0n) is 13.5. The van der Waals surface area contributed by atoms with E-state index in [4.69, 9.17) is 4.74 Å². The van der Waals surface area contributed by atoms with E-state index in [-0.39, 0.29) is 18.1 Å². The van der Waals surface area contributed by atoms with Gasteiger partial charge in [-0.15, -0.1) is 0 Å². The number of rotatable bonds is 5. The van der Waals surface area contributed by atoms with Crippen LogP contribution in [0, 0.1) is 6.92 Å². The van der Waals surface area contributed by atoms with E-state index in [2.05, 4.69) is 10.9 Å². The van der Waals surface area contributed by atoms with E-state index in [1.54, 1.807) is 12.1 Å². The van der Waals surface area contributed by atoms with Gasteiger partial charge in [0, 0.05) is 6.08 Å². The molecular weight excluding hydrogens is 324 g/mol. The quantitative estimate of drug-likeness (QED) is 0.375. The first kappa shape index (κ1) is 17.9. The molecule has 0 saturated heterocycles. The van der Waals surface area contributed by atoms with Crippen LogP contribution in [0.5, 0.6) is 17.2 Å². The maximum atomic E-state index is 11.7. The monoisotopic (exact) mass is 342 g/mol. The molecule has 0 aliphatic carbocycles. The highest BCUT2D eigenvalue weighted by Gasteiger charge is 2.05. The molecule has 0 radical (unpaired) electrons. The number of carbonyl (C=O) groups excluding carboxylic acids is 2. The highest BCUT2D eigenvalue weighted by atomic mass is 16.5. The van der Waals surface area contributed by atoms with Crippen LogP contribution in [-0.4, -0.2) is 28.6 Å². The summed E-state index contributed by atoms with van der Waals surface area (Å²) >= 11 is 0. The highest BCUT2D eigenvalue weighted by molar-refractivity contribution is 5.93. The summed E-state index contributed by atoms with van der Waals surface area (Å²) in [7, 11) is 0. The fourth-order valence-corrected chi connectivity index (χ4v) is 1.89. The zero-order chi connectivity index (χ0) is 18.2. The molecule has 0 fully saturated rings. The summed E-state index contributed by atoms with van der Waals surface area (Å²) in [5.41, 5.74) is 5.85. The van der Waals surface area contributed by atoms with Gasteiger partial charge in [-0.25, -0.2) is 0 Å². The molecule has 0 atom stereocenters. The molecule has 0 spiro atoms. The third-order valence-electron chi connectivity index (χ3n) is 3.20. The van der Waals surface area contributed by atoms with E-state index in [0.29, 0.717) is 11.3 Å². The lowest BCUT2D eigenvalue weighted by Gasteiger charge is -2.09. The van der Waals surface area contributed by atoms with Gasteiger partial charge in [0.1, 0.15) is 5.75 Å². The molecule has 2 aromatic carbocycles. The summed E-state index contributed by atoms with van der Waals surface area (Å²) < 4.78 is 5.35. The van der Waals surface area contributed by atoms with Crippen LogP contribution in [0.25, 0.3) is 6.08 Å². The maximum absolute atomic E-state index is 11.7. The van der Waals surface area contributed by atoms with E-state index >= 15 is 0 Å². The van der Waals surface area contributed by atoms with Crippen molar-refractivity contribution in [1.29, 1.82) is 0 Å². The van der Waals surface area contributed by atoms with Crippen LogP contribution in [0.3, 0.4) is 0 Å². The maximum Gasteiger partial charge on any atom is 0.276 e. The number of aryl methyl sites for hydroxylation is 1. The third-order valence-corrected chi connectivity index (χ3v) is 3.20. The van der Waals surface area contributed by atoms with Crippen LogP contribution in [0.15, 0.2) is 48.5 Å². The van der Waals surface area contributed by atoms with E-state index in [1.165, 1.54) is 30.4 Å². The summed E-state index contributed by atoms with van der Waals surface area (Å²) in [6.45, 7) is 1.63. The largest absolute Gasteiger partial charge is 0.504 e. The van der Waals surface area contributed by atoms with Crippen LogP contribution in [-0.2, 0) is 9.59 Å². The van der Waals surface area contributed by atoms with E-state index in [9.17, 15) is 19.8 Å². The van der Waals surface area contributed by atoms with Crippen LogP contribution in [0.2, 0.25) is 0 Å². The second-order valence-corrected chi connectivity index (χ2v) is 5.17. The summed E-state index contributed by atoms with van der Waals surface area (Å²) in [4.78, 5) is 23.3. The SMILES string of the molecule is Cc1ccccc1OCC(=O)NNC(=O)/C=C/c1ccc(O)c(O)c1. The lowest BCUT2D eigenvalue weighted by molar-refractivity contribution is -0.128. The fraction of sp³-hybridized carbons (Fsp3) is 0.111. The van der Waals surface area contributed by atoms with Gasteiger partial charge in [0.2, 0.25) is 0 Å². The Bertz CT molecular complexity index is 802. The predicted molar refractivity (Wildman–Crippen MR) is 91.8 cm³/mol. The van der Waals surface area contributed by atoms with Crippen molar-refractivity contribution < 1.29 is 24.5 Å². The smallest absolute Gasteiger partial charge is 0.276 e. The molecule has 2 rings (SSSR count). The molecule has 4 N–H and O–H groups in total. The van der Waals surface area contributed by atoms with Crippen molar-refractivity contribution in [3.63, 3.8) is 0 Å². The van der Waals surface area contributed by atoms with E-state index < -0.39 is 11.8 Å². The van der Waals surface area contributed by atoms with Crippen molar-refractivity contribution in [1.82, 2.24) is 10.9 Å². The zero-order valence-corrected chi connectivity index (χ0v) is 13.5. The van der Waals surface area contributed by atoms with Gasteiger partial charge in [-0.05, 0) is 42.3 Å². The number of carbonyl (C=O) groups is 2. The molecule has 2 amide bonds. The second kappa shape index (κ2) is 8.39. The van der Waals surface area contributed by atoms with Gasteiger partial charge in [0.15, 0.2) is 18.1 Å². The summed E-state index contributed by atoms with van der Waals surface area (Å²) in [5.74, 6) is -1.01. The number of nitrogens with one attached hydrogen (secondary N) is 2. The molecule has 0 bridgehead atoms. The number of phenolic OH excluding ortho intramolecular Hbond substituents is 2. The van der Waals surface area contributed by atoms with Crippen molar-refractivity contribution in [2.75, 3.05) is 6.61 Å². The molecule has 0 aliphatic heterocycles. The minimum absolute atomic E-state index is 0.235. The number of para-hydroxylation sites is 1. The normalized spacial score (nSPS) is 10.4. The first-order valence-electron chi connectivity index (χ1n) is 7.43. The lowest BCUT2D eigenvalue weighted by atomic mass is 10.2. The molecular formula is C18H18N2O5. The van der Waals surface area contributed by atoms with E-state index in [0.717, 1.165) is 5.56 Å². The Labute approximate surface area is 144 Å². The number of amides is 2. The average Bonchev–Trinajstić information content (AvgIpc) is 2.60. The molecule has 25 heavy (non-hydrogen) atoms. The van der Waals surface area contributed by atoms with E-state index in [1.807, 2.05) is 19.1 Å². The molecule has 7 nitrogen and oxygen atoms in total. The third kappa shape index (κ3) is 5.58. The summed E-state index contributed by atoms with van der Waals surface area (Å²) in [5, 5.41) is 18.6. The Morgan fingerprint density at radius 3 is 2.56 bits per heavy atom. The highest BCUT2D eigenvalue weighted by Crippen LogP contribution is 2.25.